The minimum atomic E-state index is 1.03. The maximum absolute atomic E-state index is 3.64. The molecule has 2 heterocycles. The van der Waals surface area contributed by atoms with E-state index in [2.05, 4.69) is 55.5 Å². The fraction of sp³-hybridized carbons (Fsp3) is 0.385. The molecule has 17 heavy (non-hydrogen) atoms. The molecular formula is C13H16BrN3. The highest BCUT2D eigenvalue weighted by molar-refractivity contribution is 9.10. The molecule has 0 saturated carbocycles. The molecular weight excluding hydrogens is 278 g/mol. The highest BCUT2D eigenvalue weighted by atomic mass is 79.9. The van der Waals surface area contributed by atoms with Crippen LogP contribution >= 0.6 is 15.9 Å². The van der Waals surface area contributed by atoms with Gasteiger partial charge in [-0.2, -0.15) is 0 Å². The van der Waals surface area contributed by atoms with Gasteiger partial charge in [0.2, 0.25) is 0 Å². The lowest BCUT2D eigenvalue weighted by atomic mass is 10.1. The van der Waals surface area contributed by atoms with E-state index in [0.29, 0.717) is 0 Å². The number of aromatic nitrogens is 1. The molecule has 0 spiro atoms. The van der Waals surface area contributed by atoms with Crippen LogP contribution in [0.3, 0.4) is 0 Å². The number of hydrogen-bond donors (Lipinski definition) is 2. The van der Waals surface area contributed by atoms with E-state index in [1.807, 2.05) is 0 Å². The summed E-state index contributed by atoms with van der Waals surface area (Å²) in [4.78, 5) is 5.84. The summed E-state index contributed by atoms with van der Waals surface area (Å²) >= 11 is 3.64. The van der Waals surface area contributed by atoms with Crippen molar-refractivity contribution in [2.45, 2.75) is 6.54 Å². The van der Waals surface area contributed by atoms with Crippen LogP contribution in [0.2, 0.25) is 0 Å². The Hall–Kier alpha value is -0.840. The molecule has 1 fully saturated rings. The van der Waals surface area contributed by atoms with E-state index in [9.17, 15) is 0 Å². The summed E-state index contributed by atoms with van der Waals surface area (Å²) in [5.41, 5.74) is 2.60. The molecule has 0 atom stereocenters. The van der Waals surface area contributed by atoms with Gasteiger partial charge in [-0.25, -0.2) is 0 Å². The molecule has 3 nitrogen and oxygen atoms in total. The van der Waals surface area contributed by atoms with Crippen molar-refractivity contribution in [1.82, 2.24) is 15.2 Å². The first-order valence-electron chi connectivity index (χ1n) is 6.02. The van der Waals surface area contributed by atoms with Gasteiger partial charge in [0.15, 0.2) is 0 Å². The van der Waals surface area contributed by atoms with E-state index in [-0.39, 0.29) is 0 Å². The summed E-state index contributed by atoms with van der Waals surface area (Å²) in [6.45, 7) is 5.51. The summed E-state index contributed by atoms with van der Waals surface area (Å²) in [5, 5.41) is 4.71. The zero-order chi connectivity index (χ0) is 11.7. The monoisotopic (exact) mass is 293 g/mol. The number of aromatic amines is 1. The van der Waals surface area contributed by atoms with Crippen molar-refractivity contribution in [2.75, 3.05) is 26.2 Å². The van der Waals surface area contributed by atoms with Crippen LogP contribution in [0.15, 0.2) is 28.9 Å². The molecule has 1 saturated heterocycles. The Bertz CT molecular complexity index is 514. The molecule has 1 aromatic heterocycles. The molecule has 0 aliphatic carbocycles. The molecule has 4 heteroatoms. The largest absolute Gasteiger partial charge is 0.361 e. The van der Waals surface area contributed by atoms with E-state index in [1.54, 1.807) is 0 Å². The minimum Gasteiger partial charge on any atom is -0.361 e. The number of rotatable bonds is 2. The number of fused-ring (bicyclic) bond motifs is 1. The average molecular weight is 294 g/mol. The Labute approximate surface area is 109 Å². The van der Waals surface area contributed by atoms with Crippen molar-refractivity contribution in [1.29, 1.82) is 0 Å². The van der Waals surface area contributed by atoms with Crippen molar-refractivity contribution in [3.05, 3.63) is 34.4 Å². The fourth-order valence-corrected chi connectivity index (χ4v) is 3.06. The van der Waals surface area contributed by atoms with Crippen molar-refractivity contribution in [2.24, 2.45) is 0 Å². The zero-order valence-electron chi connectivity index (χ0n) is 9.67. The zero-order valence-corrected chi connectivity index (χ0v) is 11.3. The second-order valence-corrected chi connectivity index (χ2v) is 5.36. The number of benzene rings is 1. The summed E-state index contributed by atoms with van der Waals surface area (Å²) in [6.07, 6.45) is 2.14. The van der Waals surface area contributed by atoms with Crippen LogP contribution in [-0.2, 0) is 6.54 Å². The van der Waals surface area contributed by atoms with Crippen molar-refractivity contribution in [3.8, 4) is 0 Å². The standard InChI is InChI=1S/C13H16BrN3/c14-11-2-1-3-12-13(11)10(8-16-12)9-17-6-4-15-5-7-17/h1-3,8,15-16H,4-7,9H2. The molecule has 2 aromatic rings. The van der Waals surface area contributed by atoms with E-state index < -0.39 is 0 Å². The lowest BCUT2D eigenvalue weighted by molar-refractivity contribution is 0.234. The highest BCUT2D eigenvalue weighted by Crippen LogP contribution is 2.27. The summed E-state index contributed by atoms with van der Waals surface area (Å²) in [7, 11) is 0. The molecule has 3 rings (SSSR count). The van der Waals surface area contributed by atoms with Gasteiger partial charge in [0.1, 0.15) is 0 Å². The maximum Gasteiger partial charge on any atom is 0.0468 e. The van der Waals surface area contributed by atoms with Crippen molar-refractivity contribution in [3.63, 3.8) is 0 Å². The molecule has 1 aliphatic rings. The summed E-state index contributed by atoms with van der Waals surface area (Å²) in [5.74, 6) is 0. The first kappa shape index (κ1) is 11.3. The summed E-state index contributed by atoms with van der Waals surface area (Å²) in [6, 6.07) is 6.30. The van der Waals surface area contributed by atoms with Crippen LogP contribution < -0.4 is 5.32 Å². The molecule has 0 amide bonds. The van der Waals surface area contributed by atoms with E-state index >= 15 is 0 Å². The lowest BCUT2D eigenvalue weighted by Gasteiger charge is -2.26. The Kier molecular flexibility index (Phi) is 3.18. The van der Waals surface area contributed by atoms with Crippen LogP contribution in [-0.4, -0.2) is 36.1 Å². The maximum atomic E-state index is 3.64. The summed E-state index contributed by atoms with van der Waals surface area (Å²) < 4.78 is 1.18. The molecule has 1 aliphatic heterocycles. The number of piperazine rings is 1. The van der Waals surface area contributed by atoms with Gasteiger partial charge in [-0.3, -0.25) is 4.90 Å². The fourth-order valence-electron chi connectivity index (χ4n) is 2.44. The Morgan fingerprint density at radius 1 is 1.24 bits per heavy atom. The van der Waals surface area contributed by atoms with Gasteiger partial charge >= 0.3 is 0 Å². The van der Waals surface area contributed by atoms with Crippen molar-refractivity contribution >= 4 is 26.8 Å². The Balaban J connectivity index is 1.89. The average Bonchev–Trinajstić information content (AvgIpc) is 2.75. The molecule has 0 radical (unpaired) electrons. The normalized spacial score (nSPS) is 17.7. The van der Waals surface area contributed by atoms with Crippen LogP contribution in [0, 0.1) is 0 Å². The van der Waals surface area contributed by atoms with Crippen molar-refractivity contribution < 1.29 is 0 Å². The number of nitrogens with one attached hydrogen (secondary N) is 2. The minimum absolute atomic E-state index is 1.03. The number of hydrogen-bond acceptors (Lipinski definition) is 2. The van der Waals surface area contributed by atoms with Gasteiger partial charge in [0.25, 0.3) is 0 Å². The molecule has 1 aromatic carbocycles. The first-order valence-corrected chi connectivity index (χ1v) is 6.81. The number of nitrogens with zero attached hydrogens (tertiary/aromatic N) is 1. The number of halogens is 1. The lowest BCUT2D eigenvalue weighted by Crippen LogP contribution is -2.42. The van der Waals surface area contributed by atoms with Gasteiger partial charge in [-0.15, -0.1) is 0 Å². The predicted octanol–water partition coefficient (Wildman–Crippen LogP) is 2.34. The third-order valence-electron chi connectivity index (χ3n) is 3.34. The first-order chi connectivity index (χ1) is 8.34. The van der Waals surface area contributed by atoms with E-state index in [1.165, 1.54) is 20.9 Å². The Morgan fingerprint density at radius 2 is 2.06 bits per heavy atom. The molecule has 2 N–H and O–H groups in total. The van der Waals surface area contributed by atoms with Crippen LogP contribution in [0.1, 0.15) is 5.56 Å². The van der Waals surface area contributed by atoms with Gasteiger partial charge in [-0.05, 0) is 17.7 Å². The smallest absolute Gasteiger partial charge is 0.0468 e. The predicted molar refractivity (Wildman–Crippen MR) is 74.1 cm³/mol. The van der Waals surface area contributed by atoms with E-state index in [4.69, 9.17) is 0 Å². The molecule has 0 unspecified atom stereocenters. The highest BCUT2D eigenvalue weighted by Gasteiger charge is 2.13. The Morgan fingerprint density at radius 3 is 2.88 bits per heavy atom. The van der Waals surface area contributed by atoms with Crippen LogP contribution in [0.4, 0.5) is 0 Å². The third-order valence-corrected chi connectivity index (χ3v) is 4.00. The second-order valence-electron chi connectivity index (χ2n) is 4.50. The third kappa shape index (κ3) is 2.25. The SMILES string of the molecule is Brc1cccc2[nH]cc(CN3CCNCC3)c12. The molecule has 90 valence electrons. The number of H-pyrrole nitrogens is 1. The van der Waals surface area contributed by atoms with E-state index in [0.717, 1.165) is 32.7 Å². The quantitative estimate of drug-likeness (QED) is 0.890. The van der Waals surface area contributed by atoms with Gasteiger partial charge in [0.05, 0.1) is 0 Å². The second kappa shape index (κ2) is 4.80. The van der Waals surface area contributed by atoms with Gasteiger partial charge in [-0.1, -0.05) is 22.0 Å². The topological polar surface area (TPSA) is 31.1 Å². The molecule has 0 bridgehead atoms. The van der Waals surface area contributed by atoms with Crippen LogP contribution in [0.25, 0.3) is 10.9 Å². The van der Waals surface area contributed by atoms with Crippen LogP contribution in [0.5, 0.6) is 0 Å². The van der Waals surface area contributed by atoms with Gasteiger partial charge in [0, 0.05) is 54.3 Å². The van der Waals surface area contributed by atoms with Gasteiger partial charge < -0.3 is 10.3 Å².